The Hall–Kier alpha value is -2.15. The molecule has 0 aliphatic carbocycles. The Labute approximate surface area is 193 Å². The predicted octanol–water partition coefficient (Wildman–Crippen LogP) is 5.36. The molecule has 1 N–H and O–H groups in total. The monoisotopic (exact) mass is 456 g/mol. The summed E-state index contributed by atoms with van der Waals surface area (Å²) in [6.45, 7) is 4.18. The summed E-state index contributed by atoms with van der Waals surface area (Å²) in [5.41, 5.74) is 2.96. The predicted molar refractivity (Wildman–Crippen MR) is 132 cm³/mol. The van der Waals surface area contributed by atoms with Gasteiger partial charge in [-0.2, -0.15) is 0 Å². The Morgan fingerprint density at radius 1 is 1.23 bits per heavy atom. The van der Waals surface area contributed by atoms with Crippen molar-refractivity contribution in [3.8, 4) is 0 Å². The highest BCUT2D eigenvalue weighted by molar-refractivity contribution is 7.16. The maximum Gasteiger partial charge on any atom is 0.224 e. The number of pyridine rings is 1. The molecule has 1 saturated heterocycles. The van der Waals surface area contributed by atoms with E-state index in [4.69, 9.17) is 16.6 Å². The van der Waals surface area contributed by atoms with Crippen LogP contribution in [0.25, 0.3) is 10.9 Å². The highest BCUT2D eigenvalue weighted by atomic mass is 35.5. The van der Waals surface area contributed by atoms with Crippen LogP contribution in [0.3, 0.4) is 0 Å². The first kappa shape index (κ1) is 22.1. The van der Waals surface area contributed by atoms with Gasteiger partial charge in [0.15, 0.2) is 0 Å². The van der Waals surface area contributed by atoms with E-state index in [0.717, 1.165) is 57.6 Å². The third-order valence-corrected chi connectivity index (χ3v) is 7.32. The minimum absolute atomic E-state index is 0.00914. The number of carbonyl (C=O) groups is 1. The molecule has 3 heterocycles. The molecule has 1 amide bonds. The van der Waals surface area contributed by atoms with E-state index in [9.17, 15) is 4.79 Å². The number of hydrogen-bond acceptors (Lipinski definition) is 5. The largest absolute Gasteiger partial charge is 0.356 e. The fourth-order valence-corrected chi connectivity index (χ4v) is 5.26. The normalized spacial score (nSPS) is 15.1. The van der Waals surface area contributed by atoms with E-state index in [-0.39, 0.29) is 5.91 Å². The SMILES string of the molecule is Cc1cc(N2CCC(N(C)C)CC2)nc2ccc(NC(=O)CCc3ccc(Cl)s3)cc12. The molecule has 0 saturated carbocycles. The molecule has 1 fully saturated rings. The van der Waals surface area contributed by atoms with Crippen LogP contribution in [0.1, 0.15) is 29.7 Å². The molecule has 3 aromatic rings. The van der Waals surface area contributed by atoms with Gasteiger partial charge in [0.2, 0.25) is 5.91 Å². The summed E-state index contributed by atoms with van der Waals surface area (Å²) in [4.78, 5) is 23.1. The van der Waals surface area contributed by atoms with Crippen molar-refractivity contribution >= 4 is 51.3 Å². The van der Waals surface area contributed by atoms with Gasteiger partial charge in [0, 0.05) is 41.5 Å². The van der Waals surface area contributed by atoms with Crippen LogP contribution in [-0.2, 0) is 11.2 Å². The van der Waals surface area contributed by atoms with Gasteiger partial charge in [-0.05, 0) is 82.2 Å². The van der Waals surface area contributed by atoms with Crippen LogP contribution in [-0.4, -0.2) is 49.0 Å². The first-order valence-electron chi connectivity index (χ1n) is 10.8. The van der Waals surface area contributed by atoms with E-state index < -0.39 is 0 Å². The van der Waals surface area contributed by atoms with E-state index in [1.54, 1.807) is 0 Å². The number of aromatic nitrogens is 1. The second kappa shape index (κ2) is 9.55. The van der Waals surface area contributed by atoms with E-state index in [1.165, 1.54) is 16.9 Å². The van der Waals surface area contributed by atoms with Crippen molar-refractivity contribution in [2.45, 2.75) is 38.6 Å². The maximum absolute atomic E-state index is 12.4. The molecule has 7 heteroatoms. The number of nitrogens with zero attached hydrogens (tertiary/aromatic N) is 3. The molecule has 0 bridgehead atoms. The van der Waals surface area contributed by atoms with Gasteiger partial charge in [-0.1, -0.05) is 11.6 Å². The van der Waals surface area contributed by atoms with Crippen LogP contribution in [0.2, 0.25) is 4.34 Å². The van der Waals surface area contributed by atoms with Crippen molar-refractivity contribution in [3.05, 3.63) is 51.2 Å². The number of nitrogens with one attached hydrogen (secondary N) is 1. The van der Waals surface area contributed by atoms with Crippen LogP contribution in [0.15, 0.2) is 36.4 Å². The number of halogens is 1. The van der Waals surface area contributed by atoms with Gasteiger partial charge < -0.3 is 15.1 Å². The van der Waals surface area contributed by atoms with Crippen molar-refractivity contribution < 1.29 is 4.79 Å². The number of rotatable bonds is 6. The van der Waals surface area contributed by atoms with Gasteiger partial charge in [-0.25, -0.2) is 4.98 Å². The van der Waals surface area contributed by atoms with Crippen LogP contribution in [0.4, 0.5) is 11.5 Å². The third kappa shape index (κ3) is 5.37. The number of anilines is 2. The van der Waals surface area contributed by atoms with E-state index in [2.05, 4.69) is 42.2 Å². The zero-order chi connectivity index (χ0) is 22.0. The number of aryl methyl sites for hydroxylation is 2. The number of carbonyl (C=O) groups excluding carboxylic acids is 1. The van der Waals surface area contributed by atoms with Crippen LogP contribution >= 0.6 is 22.9 Å². The molecule has 1 aliphatic rings. The molecule has 0 spiro atoms. The van der Waals surface area contributed by atoms with Crippen molar-refractivity contribution in [3.63, 3.8) is 0 Å². The average molecular weight is 457 g/mol. The fourth-order valence-electron chi connectivity index (χ4n) is 4.17. The average Bonchev–Trinajstić information content (AvgIpc) is 3.18. The standard InChI is InChI=1S/C24H29ClN4OS/c1-16-14-23(29-12-10-18(11-13-29)28(2)3)27-21-7-4-17(15-20(16)21)26-24(30)9-6-19-5-8-22(25)31-19/h4-5,7-8,14-15,18H,6,9-13H2,1-3H3,(H,26,30). The summed E-state index contributed by atoms with van der Waals surface area (Å²) in [7, 11) is 4.32. The molecule has 1 aliphatic heterocycles. The first-order valence-corrected chi connectivity index (χ1v) is 12.0. The zero-order valence-electron chi connectivity index (χ0n) is 18.3. The molecule has 5 nitrogen and oxygen atoms in total. The third-order valence-electron chi connectivity index (χ3n) is 6.03. The molecule has 2 aromatic heterocycles. The van der Waals surface area contributed by atoms with Crippen LogP contribution in [0.5, 0.6) is 0 Å². The summed E-state index contributed by atoms with van der Waals surface area (Å²) in [6, 6.07) is 12.7. The van der Waals surface area contributed by atoms with Gasteiger partial charge in [-0.3, -0.25) is 4.79 Å². The molecule has 1 aromatic carbocycles. The Kier molecular flexibility index (Phi) is 6.80. The molecule has 0 atom stereocenters. The summed E-state index contributed by atoms with van der Waals surface area (Å²) >= 11 is 7.49. The summed E-state index contributed by atoms with van der Waals surface area (Å²) in [5.74, 6) is 1.06. The fraction of sp³-hybridized carbons (Fsp3) is 0.417. The highest BCUT2D eigenvalue weighted by Crippen LogP contribution is 2.28. The van der Waals surface area contributed by atoms with Gasteiger partial charge in [-0.15, -0.1) is 11.3 Å². The van der Waals surface area contributed by atoms with Crippen molar-refractivity contribution in [1.29, 1.82) is 0 Å². The van der Waals surface area contributed by atoms with Crippen LogP contribution < -0.4 is 10.2 Å². The number of thiophene rings is 1. The van der Waals surface area contributed by atoms with E-state index in [0.29, 0.717) is 18.9 Å². The first-order chi connectivity index (χ1) is 14.9. The Morgan fingerprint density at radius 2 is 2.00 bits per heavy atom. The lowest BCUT2D eigenvalue weighted by molar-refractivity contribution is -0.116. The van der Waals surface area contributed by atoms with E-state index in [1.807, 2.05) is 30.3 Å². The summed E-state index contributed by atoms with van der Waals surface area (Å²) < 4.78 is 0.759. The molecule has 4 rings (SSSR count). The molecule has 31 heavy (non-hydrogen) atoms. The Bertz CT molecular complexity index is 1070. The smallest absolute Gasteiger partial charge is 0.224 e. The van der Waals surface area contributed by atoms with Crippen molar-refractivity contribution in [2.75, 3.05) is 37.4 Å². The van der Waals surface area contributed by atoms with Crippen molar-refractivity contribution in [1.82, 2.24) is 9.88 Å². The second-order valence-corrected chi connectivity index (χ2v) is 10.3. The van der Waals surface area contributed by atoms with Gasteiger partial charge in [0.05, 0.1) is 9.85 Å². The number of hydrogen-bond donors (Lipinski definition) is 1. The lowest BCUT2D eigenvalue weighted by Gasteiger charge is -2.36. The number of benzene rings is 1. The van der Waals surface area contributed by atoms with Gasteiger partial charge in [0.1, 0.15) is 5.82 Å². The molecule has 0 radical (unpaired) electrons. The van der Waals surface area contributed by atoms with E-state index >= 15 is 0 Å². The molecule has 0 unspecified atom stereocenters. The quantitative estimate of drug-likeness (QED) is 0.542. The van der Waals surface area contributed by atoms with Gasteiger partial charge >= 0.3 is 0 Å². The molecular weight excluding hydrogens is 428 g/mol. The lowest BCUT2D eigenvalue weighted by Crippen LogP contribution is -2.42. The van der Waals surface area contributed by atoms with Gasteiger partial charge in [0.25, 0.3) is 0 Å². The lowest BCUT2D eigenvalue weighted by atomic mass is 10.0. The zero-order valence-corrected chi connectivity index (χ0v) is 19.9. The number of fused-ring (bicyclic) bond motifs is 1. The molecule has 164 valence electrons. The van der Waals surface area contributed by atoms with Crippen molar-refractivity contribution in [2.24, 2.45) is 0 Å². The second-order valence-electron chi connectivity index (χ2n) is 8.47. The number of amides is 1. The minimum atomic E-state index is 0.00914. The topological polar surface area (TPSA) is 48.5 Å². The number of piperidine rings is 1. The maximum atomic E-state index is 12.4. The molecular formula is C24H29ClN4OS. The highest BCUT2D eigenvalue weighted by Gasteiger charge is 2.22. The minimum Gasteiger partial charge on any atom is -0.356 e. The van der Waals surface area contributed by atoms with Crippen LogP contribution in [0, 0.1) is 6.92 Å². The Morgan fingerprint density at radius 3 is 2.68 bits per heavy atom. The summed E-state index contributed by atoms with van der Waals surface area (Å²) in [6.07, 6.45) is 3.46. The summed E-state index contributed by atoms with van der Waals surface area (Å²) in [5, 5.41) is 4.10. The Balaban J connectivity index is 1.42.